The lowest BCUT2D eigenvalue weighted by molar-refractivity contribution is -0.138. The SMILES string of the molecule is O=C(/C=C/c1ccco1)NCCC(=O)Nc1nnc(C(F)(F)F)s1. The molecule has 0 radical (unpaired) electrons. The van der Waals surface area contributed by atoms with Gasteiger partial charge in [-0.3, -0.25) is 9.59 Å². The van der Waals surface area contributed by atoms with Gasteiger partial charge < -0.3 is 15.1 Å². The minimum atomic E-state index is -4.60. The Morgan fingerprint density at radius 2 is 2.12 bits per heavy atom. The lowest BCUT2D eigenvalue weighted by Crippen LogP contribution is -2.26. The zero-order valence-electron chi connectivity index (χ0n) is 12.0. The first-order valence-corrected chi connectivity index (χ1v) is 7.36. The molecule has 0 aliphatic rings. The second-order valence-electron chi connectivity index (χ2n) is 4.35. The summed E-state index contributed by atoms with van der Waals surface area (Å²) in [7, 11) is 0. The van der Waals surface area contributed by atoms with Crippen LogP contribution in [0.5, 0.6) is 0 Å². The van der Waals surface area contributed by atoms with Gasteiger partial charge in [0.05, 0.1) is 6.26 Å². The number of furan rings is 1. The minimum Gasteiger partial charge on any atom is -0.465 e. The highest BCUT2D eigenvalue weighted by Gasteiger charge is 2.35. The van der Waals surface area contributed by atoms with Gasteiger partial charge >= 0.3 is 6.18 Å². The van der Waals surface area contributed by atoms with Crippen molar-refractivity contribution >= 4 is 34.4 Å². The molecule has 0 unspecified atom stereocenters. The third-order valence-corrected chi connectivity index (χ3v) is 3.39. The first-order chi connectivity index (χ1) is 11.3. The van der Waals surface area contributed by atoms with E-state index in [0.717, 1.165) is 0 Å². The van der Waals surface area contributed by atoms with Gasteiger partial charge in [0, 0.05) is 19.0 Å². The zero-order valence-corrected chi connectivity index (χ0v) is 12.8. The molecule has 0 aliphatic carbocycles. The van der Waals surface area contributed by atoms with E-state index in [1.165, 1.54) is 18.4 Å². The Hall–Kier alpha value is -2.69. The van der Waals surface area contributed by atoms with E-state index >= 15 is 0 Å². The number of carbonyl (C=O) groups excluding carboxylic acids is 2. The van der Waals surface area contributed by atoms with Gasteiger partial charge in [0.2, 0.25) is 22.0 Å². The van der Waals surface area contributed by atoms with Crippen LogP contribution in [-0.2, 0) is 15.8 Å². The summed E-state index contributed by atoms with van der Waals surface area (Å²) in [4.78, 5) is 23.0. The maximum Gasteiger partial charge on any atom is 0.445 e. The zero-order chi connectivity index (χ0) is 17.6. The smallest absolute Gasteiger partial charge is 0.445 e. The van der Waals surface area contributed by atoms with E-state index in [4.69, 9.17) is 4.42 Å². The van der Waals surface area contributed by atoms with Gasteiger partial charge in [0.15, 0.2) is 0 Å². The van der Waals surface area contributed by atoms with Crippen LogP contribution in [0, 0.1) is 0 Å². The van der Waals surface area contributed by atoms with Crippen molar-refractivity contribution in [2.75, 3.05) is 11.9 Å². The molecule has 24 heavy (non-hydrogen) atoms. The number of hydrogen-bond acceptors (Lipinski definition) is 6. The van der Waals surface area contributed by atoms with Crippen LogP contribution in [0.3, 0.4) is 0 Å². The highest BCUT2D eigenvalue weighted by Crippen LogP contribution is 2.32. The van der Waals surface area contributed by atoms with Gasteiger partial charge in [-0.15, -0.1) is 10.2 Å². The van der Waals surface area contributed by atoms with Crippen LogP contribution in [0.2, 0.25) is 0 Å². The molecule has 2 aromatic rings. The molecule has 0 bridgehead atoms. The average molecular weight is 360 g/mol. The highest BCUT2D eigenvalue weighted by molar-refractivity contribution is 7.15. The number of anilines is 1. The molecule has 0 aliphatic heterocycles. The standard InChI is InChI=1S/C13H11F3N4O3S/c14-13(15,16)11-19-20-12(24-11)18-10(22)5-6-17-9(21)4-3-8-2-1-7-23-8/h1-4,7H,5-6H2,(H,17,21)(H,18,20,22)/b4-3+. The van der Waals surface area contributed by atoms with Gasteiger partial charge in [-0.1, -0.05) is 11.3 Å². The second-order valence-corrected chi connectivity index (χ2v) is 5.33. The quantitative estimate of drug-likeness (QED) is 0.771. The van der Waals surface area contributed by atoms with Gasteiger partial charge in [-0.05, 0) is 18.2 Å². The van der Waals surface area contributed by atoms with Crippen LogP contribution in [0.15, 0.2) is 28.9 Å². The Kier molecular flexibility index (Phi) is 5.68. The Labute approximate surface area is 137 Å². The number of halogens is 3. The topological polar surface area (TPSA) is 97.1 Å². The molecule has 2 aromatic heterocycles. The summed E-state index contributed by atoms with van der Waals surface area (Å²) in [5.41, 5.74) is 0. The van der Waals surface area contributed by atoms with Crippen molar-refractivity contribution in [1.29, 1.82) is 0 Å². The predicted molar refractivity (Wildman–Crippen MR) is 78.9 cm³/mol. The Morgan fingerprint density at radius 1 is 1.33 bits per heavy atom. The maximum atomic E-state index is 12.3. The van der Waals surface area contributed by atoms with E-state index in [2.05, 4.69) is 20.8 Å². The first kappa shape index (κ1) is 17.7. The lowest BCUT2D eigenvalue weighted by atomic mass is 10.3. The number of alkyl halides is 3. The van der Waals surface area contributed by atoms with E-state index in [9.17, 15) is 22.8 Å². The Morgan fingerprint density at radius 3 is 2.75 bits per heavy atom. The molecule has 0 aromatic carbocycles. The number of nitrogens with zero attached hydrogens (tertiary/aromatic N) is 2. The molecule has 2 amide bonds. The lowest BCUT2D eigenvalue weighted by Gasteiger charge is -2.02. The third-order valence-electron chi connectivity index (χ3n) is 2.51. The molecule has 11 heteroatoms. The first-order valence-electron chi connectivity index (χ1n) is 6.54. The number of carbonyl (C=O) groups is 2. The predicted octanol–water partition coefficient (Wildman–Crippen LogP) is 2.31. The summed E-state index contributed by atoms with van der Waals surface area (Å²) in [5, 5.41) is 9.41. The summed E-state index contributed by atoms with van der Waals surface area (Å²) in [6, 6.07) is 3.33. The Bertz CT molecular complexity index is 725. The van der Waals surface area contributed by atoms with Crippen molar-refractivity contribution in [3.63, 3.8) is 0 Å². The van der Waals surface area contributed by atoms with E-state index in [1.807, 2.05) is 0 Å². The third kappa shape index (κ3) is 5.50. The van der Waals surface area contributed by atoms with Crippen LogP contribution in [0.1, 0.15) is 17.2 Å². The van der Waals surface area contributed by atoms with Gasteiger partial charge in [0.1, 0.15) is 5.76 Å². The number of rotatable bonds is 6. The largest absolute Gasteiger partial charge is 0.465 e. The number of amides is 2. The summed E-state index contributed by atoms with van der Waals surface area (Å²) in [5.74, 6) is -0.524. The van der Waals surface area contributed by atoms with Gasteiger partial charge in [0.25, 0.3) is 0 Å². The molecule has 128 valence electrons. The molecule has 0 spiro atoms. The second kappa shape index (κ2) is 7.73. The molecule has 0 saturated carbocycles. The molecular formula is C13H11F3N4O3S. The summed E-state index contributed by atoms with van der Waals surface area (Å²) < 4.78 is 42.0. The highest BCUT2D eigenvalue weighted by atomic mass is 32.1. The van der Waals surface area contributed by atoms with Crippen molar-refractivity contribution in [2.45, 2.75) is 12.6 Å². The minimum absolute atomic E-state index is 0.0120. The fourth-order valence-corrected chi connectivity index (χ4v) is 2.10. The number of aromatic nitrogens is 2. The van der Waals surface area contributed by atoms with Gasteiger partial charge in [-0.2, -0.15) is 13.2 Å². The Balaban J connectivity index is 1.71. The molecule has 0 atom stereocenters. The van der Waals surface area contributed by atoms with Crippen molar-refractivity contribution < 1.29 is 27.2 Å². The normalized spacial score (nSPS) is 11.6. The molecule has 2 heterocycles. The summed E-state index contributed by atoms with van der Waals surface area (Å²) in [6.45, 7) is 0.0120. The average Bonchev–Trinajstić information content (AvgIpc) is 3.15. The van der Waals surface area contributed by atoms with Crippen molar-refractivity contribution in [3.05, 3.63) is 35.2 Å². The van der Waals surface area contributed by atoms with E-state index in [0.29, 0.717) is 5.76 Å². The fraction of sp³-hybridized carbons (Fsp3) is 0.231. The molecular weight excluding hydrogens is 349 g/mol. The number of hydrogen-bond donors (Lipinski definition) is 2. The van der Waals surface area contributed by atoms with Gasteiger partial charge in [-0.25, -0.2) is 0 Å². The summed E-state index contributed by atoms with van der Waals surface area (Å²) >= 11 is 0.226. The maximum absolute atomic E-state index is 12.3. The molecule has 0 saturated heterocycles. The van der Waals surface area contributed by atoms with E-state index < -0.39 is 23.0 Å². The van der Waals surface area contributed by atoms with Crippen molar-refractivity contribution in [1.82, 2.24) is 15.5 Å². The summed E-state index contributed by atoms with van der Waals surface area (Å²) in [6.07, 6.45) is -0.581. The monoisotopic (exact) mass is 360 g/mol. The molecule has 7 nitrogen and oxygen atoms in total. The van der Waals surface area contributed by atoms with Crippen LogP contribution in [-0.4, -0.2) is 28.6 Å². The molecule has 2 rings (SSSR count). The van der Waals surface area contributed by atoms with Crippen LogP contribution < -0.4 is 10.6 Å². The van der Waals surface area contributed by atoms with Crippen molar-refractivity contribution in [3.8, 4) is 0 Å². The molecule has 0 fully saturated rings. The fourth-order valence-electron chi connectivity index (χ4n) is 1.47. The van der Waals surface area contributed by atoms with Crippen LogP contribution in [0.4, 0.5) is 18.3 Å². The van der Waals surface area contributed by atoms with Crippen molar-refractivity contribution in [2.24, 2.45) is 0 Å². The van der Waals surface area contributed by atoms with Crippen LogP contribution >= 0.6 is 11.3 Å². The number of nitrogens with one attached hydrogen (secondary N) is 2. The molecule has 2 N–H and O–H groups in total. The van der Waals surface area contributed by atoms with E-state index in [-0.39, 0.29) is 29.4 Å². The van der Waals surface area contributed by atoms with Crippen LogP contribution in [0.25, 0.3) is 6.08 Å². The van der Waals surface area contributed by atoms with E-state index in [1.54, 1.807) is 12.1 Å².